The fourth-order valence-corrected chi connectivity index (χ4v) is 2.48. The molecule has 0 N–H and O–H groups in total. The quantitative estimate of drug-likeness (QED) is 0.589. The molecule has 1 aliphatic rings. The molecule has 0 unspecified atom stereocenters. The molecule has 1 heterocycles. The summed E-state index contributed by atoms with van der Waals surface area (Å²) in [7, 11) is -3.32. The lowest BCUT2D eigenvalue weighted by molar-refractivity contribution is 0.471. The van der Waals surface area contributed by atoms with Crippen molar-refractivity contribution in [3.8, 4) is 5.75 Å². The Morgan fingerprint density at radius 2 is 2.15 bits per heavy atom. The van der Waals surface area contributed by atoms with Crippen molar-refractivity contribution in [1.29, 1.82) is 0 Å². The van der Waals surface area contributed by atoms with Crippen molar-refractivity contribution in [2.24, 2.45) is 0 Å². The molecule has 70 valence electrons. The van der Waals surface area contributed by atoms with E-state index in [2.05, 4.69) is 0 Å². The van der Waals surface area contributed by atoms with Crippen LogP contribution in [0.5, 0.6) is 5.75 Å². The van der Waals surface area contributed by atoms with E-state index in [0.717, 1.165) is 11.1 Å². The van der Waals surface area contributed by atoms with Crippen molar-refractivity contribution in [3.63, 3.8) is 0 Å². The van der Waals surface area contributed by atoms with Gasteiger partial charge in [-0.3, -0.25) is 0 Å². The summed E-state index contributed by atoms with van der Waals surface area (Å²) >= 11 is 0. The highest BCUT2D eigenvalue weighted by Gasteiger charge is 2.23. The van der Waals surface area contributed by atoms with E-state index in [1.54, 1.807) is 0 Å². The van der Waals surface area contributed by atoms with Crippen molar-refractivity contribution >= 4 is 10.1 Å². The summed E-state index contributed by atoms with van der Waals surface area (Å²) in [5.41, 5.74) is 1.86. The molecule has 4 heteroatoms. The van der Waals surface area contributed by atoms with Gasteiger partial charge in [-0.1, -0.05) is 18.2 Å². The minimum atomic E-state index is -3.32. The zero-order valence-corrected chi connectivity index (χ0v) is 8.10. The second-order valence-corrected chi connectivity index (χ2v) is 4.85. The van der Waals surface area contributed by atoms with Crippen LogP contribution < -0.4 is 4.18 Å². The molecule has 0 bridgehead atoms. The normalized spacial score (nSPS) is 18.8. The molecule has 0 aliphatic carbocycles. The third-order valence-corrected chi connectivity index (χ3v) is 3.25. The van der Waals surface area contributed by atoms with Gasteiger partial charge in [0.15, 0.2) is 0 Å². The smallest absolute Gasteiger partial charge is 0.309 e. The molecule has 1 aromatic rings. The summed E-state index contributed by atoms with van der Waals surface area (Å²) in [6.45, 7) is 1.85. The number of hydrogen-bond acceptors (Lipinski definition) is 3. The average molecular weight is 198 g/mol. The number of hydrogen-bond donors (Lipinski definition) is 0. The third kappa shape index (κ3) is 1.54. The Morgan fingerprint density at radius 3 is 2.92 bits per heavy atom. The molecule has 0 spiro atoms. The molecule has 13 heavy (non-hydrogen) atoms. The van der Waals surface area contributed by atoms with Crippen LogP contribution in [0.3, 0.4) is 0 Å². The van der Waals surface area contributed by atoms with E-state index in [0.29, 0.717) is 12.2 Å². The average Bonchev–Trinajstić information content (AvgIpc) is 2.06. The molecule has 0 atom stereocenters. The van der Waals surface area contributed by atoms with Gasteiger partial charge in [-0.2, -0.15) is 8.42 Å². The van der Waals surface area contributed by atoms with Crippen LogP contribution in [0.4, 0.5) is 0 Å². The summed E-state index contributed by atoms with van der Waals surface area (Å²) in [6.07, 6.45) is 0.555. The van der Waals surface area contributed by atoms with Crippen molar-refractivity contribution in [2.45, 2.75) is 13.3 Å². The molecule has 0 radical (unpaired) electrons. The highest BCUT2D eigenvalue weighted by molar-refractivity contribution is 7.87. The zero-order chi connectivity index (χ0) is 9.47. The molecule has 0 saturated carbocycles. The number of rotatable bonds is 0. The third-order valence-electron chi connectivity index (χ3n) is 2.13. The van der Waals surface area contributed by atoms with Crippen LogP contribution in [0.15, 0.2) is 18.2 Å². The second-order valence-electron chi connectivity index (χ2n) is 3.16. The van der Waals surface area contributed by atoms with Crippen LogP contribution in [-0.4, -0.2) is 14.2 Å². The second kappa shape index (κ2) is 2.73. The molecule has 2 rings (SSSR count). The van der Waals surface area contributed by atoms with E-state index in [1.165, 1.54) is 0 Å². The summed E-state index contributed by atoms with van der Waals surface area (Å²) in [6, 6.07) is 5.66. The SMILES string of the molecule is Cc1cccc2c1OS(=O)(=O)CC2. The number of para-hydroxylation sites is 1. The molecular weight excluding hydrogens is 188 g/mol. The number of fused-ring (bicyclic) bond motifs is 1. The van der Waals surface area contributed by atoms with Gasteiger partial charge in [0.1, 0.15) is 5.75 Å². The monoisotopic (exact) mass is 198 g/mol. The lowest BCUT2D eigenvalue weighted by atomic mass is 10.1. The van der Waals surface area contributed by atoms with Gasteiger partial charge >= 0.3 is 10.1 Å². The molecule has 1 aromatic carbocycles. The number of benzene rings is 1. The maximum Gasteiger partial charge on any atom is 0.309 e. The van der Waals surface area contributed by atoms with Crippen LogP contribution in [0.25, 0.3) is 0 Å². The predicted molar refractivity (Wildman–Crippen MR) is 49.3 cm³/mol. The van der Waals surface area contributed by atoms with E-state index >= 15 is 0 Å². The maximum atomic E-state index is 11.1. The molecule has 1 aliphatic heterocycles. The standard InChI is InChI=1S/C9H10O3S/c1-7-3-2-4-8-5-6-13(10,11)12-9(7)8/h2-4H,5-6H2,1H3. The van der Waals surface area contributed by atoms with E-state index < -0.39 is 10.1 Å². The van der Waals surface area contributed by atoms with Crippen LogP contribution in [-0.2, 0) is 16.5 Å². The highest BCUT2D eigenvalue weighted by atomic mass is 32.2. The lowest BCUT2D eigenvalue weighted by Crippen LogP contribution is -2.21. The first kappa shape index (κ1) is 8.56. The van der Waals surface area contributed by atoms with Crippen LogP contribution >= 0.6 is 0 Å². The summed E-state index contributed by atoms with van der Waals surface area (Å²) in [5.74, 6) is 0.609. The van der Waals surface area contributed by atoms with E-state index in [-0.39, 0.29) is 5.75 Å². The summed E-state index contributed by atoms with van der Waals surface area (Å²) < 4.78 is 27.2. The Balaban J connectivity index is 2.56. The van der Waals surface area contributed by atoms with Crippen LogP contribution in [0.1, 0.15) is 11.1 Å². The fourth-order valence-electron chi connectivity index (χ4n) is 1.43. The highest BCUT2D eigenvalue weighted by Crippen LogP contribution is 2.29. The van der Waals surface area contributed by atoms with Crippen molar-refractivity contribution in [1.82, 2.24) is 0 Å². The van der Waals surface area contributed by atoms with Crippen LogP contribution in [0, 0.1) is 6.92 Å². The Kier molecular flexibility index (Phi) is 1.80. The molecule has 3 nitrogen and oxygen atoms in total. The lowest BCUT2D eigenvalue weighted by Gasteiger charge is -2.18. The van der Waals surface area contributed by atoms with Gasteiger partial charge in [-0.15, -0.1) is 0 Å². The van der Waals surface area contributed by atoms with Crippen molar-refractivity contribution in [3.05, 3.63) is 29.3 Å². The van der Waals surface area contributed by atoms with Gasteiger partial charge in [0, 0.05) is 0 Å². The van der Waals surface area contributed by atoms with Gasteiger partial charge in [0.2, 0.25) is 0 Å². The van der Waals surface area contributed by atoms with Crippen molar-refractivity contribution < 1.29 is 12.6 Å². The van der Waals surface area contributed by atoms with Gasteiger partial charge in [-0.05, 0) is 24.5 Å². The van der Waals surface area contributed by atoms with Crippen molar-refractivity contribution in [2.75, 3.05) is 5.75 Å². The van der Waals surface area contributed by atoms with Crippen LogP contribution in [0.2, 0.25) is 0 Å². The number of aryl methyl sites for hydroxylation is 2. The Morgan fingerprint density at radius 1 is 1.38 bits per heavy atom. The Bertz CT molecular complexity index is 434. The molecular formula is C9H10O3S. The minimum Gasteiger partial charge on any atom is -0.382 e. The zero-order valence-electron chi connectivity index (χ0n) is 7.28. The first-order valence-electron chi connectivity index (χ1n) is 4.09. The summed E-state index contributed by atoms with van der Waals surface area (Å²) in [5, 5.41) is 0. The fraction of sp³-hybridized carbons (Fsp3) is 0.333. The topological polar surface area (TPSA) is 43.4 Å². The maximum absolute atomic E-state index is 11.1. The molecule has 0 aromatic heterocycles. The minimum absolute atomic E-state index is 0.0868. The molecule has 0 amide bonds. The summed E-state index contributed by atoms with van der Waals surface area (Å²) in [4.78, 5) is 0. The largest absolute Gasteiger partial charge is 0.382 e. The van der Waals surface area contributed by atoms with Gasteiger partial charge < -0.3 is 4.18 Å². The Labute approximate surface area is 77.5 Å². The molecule has 0 saturated heterocycles. The predicted octanol–water partition coefficient (Wildman–Crippen LogP) is 1.26. The van der Waals surface area contributed by atoms with Gasteiger partial charge in [0.05, 0.1) is 5.75 Å². The molecule has 0 fully saturated rings. The van der Waals surface area contributed by atoms with E-state index in [1.807, 2.05) is 25.1 Å². The van der Waals surface area contributed by atoms with Gasteiger partial charge in [0.25, 0.3) is 0 Å². The van der Waals surface area contributed by atoms with Gasteiger partial charge in [-0.25, -0.2) is 0 Å². The first-order chi connectivity index (χ1) is 6.08. The first-order valence-corrected chi connectivity index (χ1v) is 5.67. The van der Waals surface area contributed by atoms with E-state index in [4.69, 9.17) is 4.18 Å². The van der Waals surface area contributed by atoms with E-state index in [9.17, 15) is 8.42 Å². The Hall–Kier alpha value is -1.03.